The molecule has 1 N–H and O–H groups in total. The lowest BCUT2D eigenvalue weighted by molar-refractivity contribution is 0.0953. The summed E-state index contributed by atoms with van der Waals surface area (Å²) in [7, 11) is 0. The molecule has 3 heterocycles. The summed E-state index contributed by atoms with van der Waals surface area (Å²) in [6.45, 7) is 4.41. The fourth-order valence-corrected chi connectivity index (χ4v) is 3.21. The number of nitrogens with one attached hydrogen (secondary N) is 1. The van der Waals surface area contributed by atoms with Gasteiger partial charge in [-0.1, -0.05) is 23.4 Å². The van der Waals surface area contributed by atoms with Crippen molar-refractivity contribution in [1.82, 2.24) is 15.5 Å². The minimum Gasteiger partial charge on any atom is -0.454 e. The molecule has 0 aliphatic rings. The van der Waals surface area contributed by atoms with Crippen LogP contribution in [0, 0.1) is 13.8 Å². The Labute approximate surface area is 162 Å². The van der Waals surface area contributed by atoms with Crippen LogP contribution in [0.15, 0.2) is 57.6 Å². The number of hydrogen-bond acceptors (Lipinski definition) is 5. The van der Waals surface area contributed by atoms with Gasteiger partial charge in [-0.3, -0.25) is 9.78 Å². The standard InChI is InChI=1S/C22H21N3O3/c1-14-18(15(2)28-25-14)7-5-11-23-22(26)17-9-10-19(24-13-17)21-12-16-6-3-4-8-20(16)27-21/h3-4,6,8-10,12-13H,5,7,11H2,1-2H3,(H,23,26). The molecule has 6 heteroatoms. The van der Waals surface area contributed by atoms with Gasteiger partial charge < -0.3 is 14.3 Å². The van der Waals surface area contributed by atoms with E-state index < -0.39 is 0 Å². The van der Waals surface area contributed by atoms with E-state index in [1.807, 2.05) is 44.2 Å². The van der Waals surface area contributed by atoms with Crippen molar-refractivity contribution in [2.24, 2.45) is 0 Å². The van der Waals surface area contributed by atoms with E-state index >= 15 is 0 Å². The Hall–Kier alpha value is -3.41. The largest absolute Gasteiger partial charge is 0.454 e. The molecule has 4 rings (SSSR count). The van der Waals surface area contributed by atoms with Gasteiger partial charge in [0.2, 0.25) is 0 Å². The van der Waals surface area contributed by atoms with E-state index in [4.69, 9.17) is 8.94 Å². The second-order valence-corrected chi connectivity index (χ2v) is 6.74. The Bertz CT molecular complexity index is 1060. The summed E-state index contributed by atoms with van der Waals surface area (Å²) in [5.74, 6) is 1.39. The number of rotatable bonds is 6. The number of pyridine rings is 1. The van der Waals surface area contributed by atoms with Gasteiger partial charge in [-0.2, -0.15) is 0 Å². The molecule has 28 heavy (non-hydrogen) atoms. The topological polar surface area (TPSA) is 81.2 Å². The van der Waals surface area contributed by atoms with Crippen LogP contribution in [0.25, 0.3) is 22.4 Å². The summed E-state index contributed by atoms with van der Waals surface area (Å²) in [6.07, 6.45) is 3.22. The van der Waals surface area contributed by atoms with Crippen molar-refractivity contribution in [3.05, 3.63) is 71.2 Å². The lowest BCUT2D eigenvalue weighted by Gasteiger charge is -2.05. The number of amides is 1. The highest BCUT2D eigenvalue weighted by Gasteiger charge is 2.11. The molecular weight excluding hydrogens is 354 g/mol. The number of carbonyl (C=O) groups excluding carboxylic acids is 1. The van der Waals surface area contributed by atoms with Crippen LogP contribution in [0.3, 0.4) is 0 Å². The lowest BCUT2D eigenvalue weighted by atomic mass is 10.1. The molecule has 142 valence electrons. The van der Waals surface area contributed by atoms with Crippen LogP contribution in [0.4, 0.5) is 0 Å². The molecule has 0 fully saturated rings. The third kappa shape index (κ3) is 3.67. The molecule has 0 spiro atoms. The highest BCUT2D eigenvalue weighted by Crippen LogP contribution is 2.26. The van der Waals surface area contributed by atoms with E-state index in [0.717, 1.165) is 40.8 Å². The Kier molecular flexibility index (Phi) is 4.93. The molecular formula is C22H21N3O3. The number of fused-ring (bicyclic) bond motifs is 1. The third-order valence-electron chi connectivity index (χ3n) is 4.77. The van der Waals surface area contributed by atoms with Crippen molar-refractivity contribution in [2.75, 3.05) is 6.54 Å². The van der Waals surface area contributed by atoms with E-state index in [1.165, 1.54) is 0 Å². The molecule has 0 unspecified atom stereocenters. The molecule has 6 nitrogen and oxygen atoms in total. The maximum atomic E-state index is 12.3. The number of hydrogen-bond donors (Lipinski definition) is 1. The predicted octanol–water partition coefficient (Wildman–Crippen LogP) is 4.46. The van der Waals surface area contributed by atoms with Crippen molar-refractivity contribution in [1.29, 1.82) is 0 Å². The summed E-state index contributed by atoms with van der Waals surface area (Å²) in [4.78, 5) is 16.7. The lowest BCUT2D eigenvalue weighted by Crippen LogP contribution is -2.24. The average Bonchev–Trinajstić information content (AvgIpc) is 3.29. The molecule has 4 aromatic rings. The molecule has 3 aromatic heterocycles. The molecule has 0 saturated carbocycles. The molecule has 0 aliphatic carbocycles. The van der Waals surface area contributed by atoms with Gasteiger partial charge in [0, 0.05) is 23.7 Å². The second kappa shape index (κ2) is 7.68. The van der Waals surface area contributed by atoms with Gasteiger partial charge >= 0.3 is 0 Å². The third-order valence-corrected chi connectivity index (χ3v) is 4.77. The monoisotopic (exact) mass is 375 g/mol. The Morgan fingerprint density at radius 3 is 2.71 bits per heavy atom. The summed E-state index contributed by atoms with van der Waals surface area (Å²) in [6, 6.07) is 13.3. The van der Waals surface area contributed by atoms with Gasteiger partial charge in [-0.15, -0.1) is 0 Å². The fraction of sp³-hybridized carbons (Fsp3) is 0.227. The normalized spacial score (nSPS) is 11.1. The zero-order valence-corrected chi connectivity index (χ0v) is 15.9. The number of furan rings is 1. The first-order chi connectivity index (χ1) is 13.6. The summed E-state index contributed by atoms with van der Waals surface area (Å²) in [5, 5.41) is 7.90. The zero-order valence-electron chi connectivity index (χ0n) is 15.9. The first-order valence-corrected chi connectivity index (χ1v) is 9.27. The van der Waals surface area contributed by atoms with Gasteiger partial charge in [0.1, 0.15) is 17.0 Å². The number of nitrogens with zero attached hydrogens (tertiary/aromatic N) is 2. The first kappa shape index (κ1) is 18.0. The predicted molar refractivity (Wildman–Crippen MR) is 106 cm³/mol. The van der Waals surface area contributed by atoms with Crippen LogP contribution in [-0.2, 0) is 6.42 Å². The highest BCUT2D eigenvalue weighted by molar-refractivity contribution is 5.94. The van der Waals surface area contributed by atoms with E-state index in [9.17, 15) is 4.79 Å². The van der Waals surface area contributed by atoms with E-state index in [-0.39, 0.29) is 5.91 Å². The summed E-state index contributed by atoms with van der Waals surface area (Å²) >= 11 is 0. The van der Waals surface area contributed by atoms with Crippen molar-refractivity contribution in [3.8, 4) is 11.5 Å². The molecule has 0 saturated heterocycles. The van der Waals surface area contributed by atoms with Crippen LogP contribution in [0.2, 0.25) is 0 Å². The van der Waals surface area contributed by atoms with Crippen LogP contribution in [0.1, 0.15) is 33.8 Å². The SMILES string of the molecule is Cc1noc(C)c1CCCNC(=O)c1ccc(-c2cc3ccccc3o2)nc1. The van der Waals surface area contributed by atoms with Crippen LogP contribution in [0.5, 0.6) is 0 Å². The minimum absolute atomic E-state index is 0.137. The minimum atomic E-state index is -0.137. The number of aryl methyl sites for hydroxylation is 2. The van der Waals surface area contributed by atoms with E-state index in [1.54, 1.807) is 18.3 Å². The van der Waals surface area contributed by atoms with Crippen LogP contribution in [-0.4, -0.2) is 22.6 Å². The molecule has 0 atom stereocenters. The maximum absolute atomic E-state index is 12.3. The molecule has 1 amide bonds. The van der Waals surface area contributed by atoms with Crippen molar-refractivity contribution in [2.45, 2.75) is 26.7 Å². The fourth-order valence-electron chi connectivity index (χ4n) is 3.21. The first-order valence-electron chi connectivity index (χ1n) is 9.27. The van der Waals surface area contributed by atoms with Gasteiger partial charge in [0.25, 0.3) is 5.91 Å². The van der Waals surface area contributed by atoms with E-state index in [2.05, 4.69) is 15.5 Å². The van der Waals surface area contributed by atoms with Gasteiger partial charge in [-0.25, -0.2) is 0 Å². The van der Waals surface area contributed by atoms with Crippen molar-refractivity contribution < 1.29 is 13.7 Å². The quantitative estimate of drug-likeness (QED) is 0.503. The molecule has 0 aliphatic heterocycles. The maximum Gasteiger partial charge on any atom is 0.252 e. The smallest absolute Gasteiger partial charge is 0.252 e. The Balaban J connectivity index is 1.35. The van der Waals surface area contributed by atoms with Crippen molar-refractivity contribution >= 4 is 16.9 Å². The molecule has 0 radical (unpaired) electrons. The van der Waals surface area contributed by atoms with E-state index in [0.29, 0.717) is 23.6 Å². The van der Waals surface area contributed by atoms with Gasteiger partial charge in [-0.05, 0) is 51.0 Å². The Morgan fingerprint density at radius 1 is 1.14 bits per heavy atom. The number of para-hydroxylation sites is 1. The number of benzene rings is 1. The van der Waals surface area contributed by atoms with Gasteiger partial charge in [0.15, 0.2) is 5.76 Å². The van der Waals surface area contributed by atoms with Crippen LogP contribution >= 0.6 is 0 Å². The van der Waals surface area contributed by atoms with Crippen molar-refractivity contribution in [3.63, 3.8) is 0 Å². The second-order valence-electron chi connectivity index (χ2n) is 6.74. The Morgan fingerprint density at radius 2 is 2.00 bits per heavy atom. The van der Waals surface area contributed by atoms with Crippen LogP contribution < -0.4 is 5.32 Å². The van der Waals surface area contributed by atoms with Gasteiger partial charge in [0.05, 0.1) is 11.3 Å². The summed E-state index contributed by atoms with van der Waals surface area (Å²) < 4.78 is 11.0. The average molecular weight is 375 g/mol. The molecule has 0 bridgehead atoms. The summed E-state index contributed by atoms with van der Waals surface area (Å²) in [5.41, 5.74) is 4.07. The highest BCUT2D eigenvalue weighted by atomic mass is 16.5. The number of aromatic nitrogens is 2. The zero-order chi connectivity index (χ0) is 19.5. The molecule has 1 aromatic carbocycles. The number of carbonyl (C=O) groups is 1.